The van der Waals surface area contributed by atoms with Gasteiger partial charge in [0, 0.05) is 37.2 Å². The van der Waals surface area contributed by atoms with E-state index in [2.05, 4.69) is 68.4 Å². The standard InChI is InChI=1S/C18H24N4S.HI/c1-19-18(21-13-17-8-5-11-23-17)20-12-15-9-10-22(14-15)16-6-3-2-4-7-16;/h2-8,11,15H,9-10,12-14H2,1H3,(H2,19,20,21);1H. The lowest BCUT2D eigenvalue weighted by atomic mass is 10.1. The molecule has 3 rings (SSSR count). The molecule has 1 atom stereocenters. The van der Waals surface area contributed by atoms with Gasteiger partial charge in [-0.3, -0.25) is 4.99 Å². The van der Waals surface area contributed by atoms with Crippen molar-refractivity contribution in [3.63, 3.8) is 0 Å². The van der Waals surface area contributed by atoms with Crippen LogP contribution in [0.2, 0.25) is 0 Å². The maximum atomic E-state index is 4.31. The molecular weight excluding hydrogens is 431 g/mol. The highest BCUT2D eigenvalue weighted by Gasteiger charge is 2.22. The van der Waals surface area contributed by atoms with Crippen LogP contribution in [-0.2, 0) is 6.54 Å². The quantitative estimate of drug-likeness (QED) is 0.411. The Hall–Kier alpha value is -1.28. The van der Waals surface area contributed by atoms with E-state index in [-0.39, 0.29) is 24.0 Å². The number of halogens is 1. The lowest BCUT2D eigenvalue weighted by molar-refractivity contribution is 0.566. The third-order valence-electron chi connectivity index (χ3n) is 4.20. The number of para-hydroxylation sites is 1. The number of benzene rings is 1. The SMILES string of the molecule is CN=C(NCc1cccs1)NCC1CCN(c2ccccc2)C1.I. The van der Waals surface area contributed by atoms with Crippen LogP contribution in [0.3, 0.4) is 0 Å². The lowest BCUT2D eigenvalue weighted by Crippen LogP contribution is -2.39. The second kappa shape index (κ2) is 9.88. The van der Waals surface area contributed by atoms with Gasteiger partial charge in [0.15, 0.2) is 5.96 Å². The molecule has 24 heavy (non-hydrogen) atoms. The molecule has 4 nitrogen and oxygen atoms in total. The van der Waals surface area contributed by atoms with Gasteiger partial charge in [-0.15, -0.1) is 35.3 Å². The number of aliphatic imine (C=N–C) groups is 1. The monoisotopic (exact) mass is 456 g/mol. The molecule has 0 saturated carbocycles. The van der Waals surface area contributed by atoms with Gasteiger partial charge in [-0.2, -0.15) is 0 Å². The van der Waals surface area contributed by atoms with Crippen molar-refractivity contribution >= 4 is 47.0 Å². The van der Waals surface area contributed by atoms with E-state index in [1.807, 2.05) is 7.05 Å². The van der Waals surface area contributed by atoms with E-state index in [4.69, 9.17) is 0 Å². The van der Waals surface area contributed by atoms with Gasteiger partial charge in [-0.1, -0.05) is 24.3 Å². The first-order chi connectivity index (χ1) is 11.3. The van der Waals surface area contributed by atoms with Gasteiger partial charge >= 0.3 is 0 Å². The topological polar surface area (TPSA) is 39.7 Å². The maximum absolute atomic E-state index is 4.31. The predicted octanol–water partition coefficient (Wildman–Crippen LogP) is 3.56. The van der Waals surface area contributed by atoms with Crippen LogP contribution in [0.5, 0.6) is 0 Å². The molecule has 1 unspecified atom stereocenters. The maximum Gasteiger partial charge on any atom is 0.191 e. The first-order valence-electron chi connectivity index (χ1n) is 8.12. The van der Waals surface area contributed by atoms with E-state index < -0.39 is 0 Å². The Balaban J connectivity index is 0.00000208. The number of rotatable bonds is 5. The summed E-state index contributed by atoms with van der Waals surface area (Å²) in [5.74, 6) is 1.55. The van der Waals surface area contributed by atoms with Crippen LogP contribution < -0.4 is 15.5 Å². The van der Waals surface area contributed by atoms with Crippen LogP contribution in [-0.4, -0.2) is 32.6 Å². The largest absolute Gasteiger partial charge is 0.371 e. The van der Waals surface area contributed by atoms with Gasteiger partial charge in [0.1, 0.15) is 0 Å². The molecule has 0 aliphatic carbocycles. The van der Waals surface area contributed by atoms with Crippen molar-refractivity contribution in [2.24, 2.45) is 10.9 Å². The number of nitrogens with one attached hydrogen (secondary N) is 2. The van der Waals surface area contributed by atoms with Crippen molar-refractivity contribution in [3.05, 3.63) is 52.7 Å². The number of hydrogen-bond donors (Lipinski definition) is 2. The smallest absolute Gasteiger partial charge is 0.191 e. The zero-order valence-electron chi connectivity index (χ0n) is 13.9. The van der Waals surface area contributed by atoms with Crippen molar-refractivity contribution in [1.29, 1.82) is 0 Å². The van der Waals surface area contributed by atoms with E-state index in [0.717, 1.165) is 32.1 Å². The number of hydrogen-bond acceptors (Lipinski definition) is 3. The minimum atomic E-state index is 0. The van der Waals surface area contributed by atoms with Gasteiger partial charge in [0.05, 0.1) is 6.54 Å². The zero-order chi connectivity index (χ0) is 15.9. The number of guanidine groups is 1. The fourth-order valence-corrected chi connectivity index (χ4v) is 3.56. The Morgan fingerprint density at radius 3 is 2.75 bits per heavy atom. The molecule has 0 spiro atoms. The average molecular weight is 456 g/mol. The van der Waals surface area contributed by atoms with Crippen LogP contribution in [0.15, 0.2) is 52.8 Å². The van der Waals surface area contributed by atoms with E-state index in [1.165, 1.54) is 17.0 Å². The molecule has 2 aromatic rings. The molecule has 0 bridgehead atoms. The van der Waals surface area contributed by atoms with E-state index in [1.54, 1.807) is 11.3 Å². The first kappa shape index (κ1) is 19.1. The van der Waals surface area contributed by atoms with Gasteiger partial charge in [0.2, 0.25) is 0 Å². The normalized spacial score (nSPS) is 17.5. The molecule has 1 aliphatic rings. The van der Waals surface area contributed by atoms with Gasteiger partial charge < -0.3 is 15.5 Å². The summed E-state index contributed by atoms with van der Waals surface area (Å²) in [6.07, 6.45) is 1.23. The van der Waals surface area contributed by atoms with Crippen LogP contribution >= 0.6 is 35.3 Å². The fraction of sp³-hybridized carbons (Fsp3) is 0.389. The third-order valence-corrected chi connectivity index (χ3v) is 5.08. The lowest BCUT2D eigenvalue weighted by Gasteiger charge is -2.19. The molecule has 1 aliphatic heterocycles. The van der Waals surface area contributed by atoms with Crippen molar-refractivity contribution in [1.82, 2.24) is 10.6 Å². The Morgan fingerprint density at radius 2 is 2.04 bits per heavy atom. The summed E-state index contributed by atoms with van der Waals surface area (Å²) in [5.41, 5.74) is 1.33. The molecule has 130 valence electrons. The average Bonchev–Trinajstić information content (AvgIpc) is 3.27. The highest BCUT2D eigenvalue weighted by Crippen LogP contribution is 2.22. The molecule has 0 radical (unpaired) electrons. The Kier molecular flexibility index (Phi) is 7.84. The molecule has 1 aromatic heterocycles. The van der Waals surface area contributed by atoms with Crippen LogP contribution in [0.1, 0.15) is 11.3 Å². The molecular formula is C18H25IN4S. The Morgan fingerprint density at radius 1 is 1.21 bits per heavy atom. The van der Waals surface area contributed by atoms with Gasteiger partial charge in [-0.05, 0) is 35.9 Å². The van der Waals surface area contributed by atoms with E-state index in [9.17, 15) is 0 Å². The van der Waals surface area contributed by atoms with Gasteiger partial charge in [0.25, 0.3) is 0 Å². The second-order valence-corrected chi connectivity index (χ2v) is 6.85. The summed E-state index contributed by atoms with van der Waals surface area (Å²) in [6, 6.07) is 14.9. The Labute approximate surface area is 165 Å². The summed E-state index contributed by atoms with van der Waals surface area (Å²) < 4.78 is 0. The summed E-state index contributed by atoms with van der Waals surface area (Å²) in [6.45, 7) is 4.04. The van der Waals surface area contributed by atoms with E-state index >= 15 is 0 Å². The molecule has 6 heteroatoms. The van der Waals surface area contributed by atoms with Gasteiger partial charge in [-0.25, -0.2) is 0 Å². The van der Waals surface area contributed by atoms with Crippen molar-refractivity contribution in [2.45, 2.75) is 13.0 Å². The number of nitrogens with zero attached hydrogens (tertiary/aromatic N) is 2. The van der Waals surface area contributed by atoms with Crippen LogP contribution in [0.4, 0.5) is 5.69 Å². The minimum absolute atomic E-state index is 0. The van der Waals surface area contributed by atoms with E-state index in [0.29, 0.717) is 5.92 Å². The Bertz CT molecular complexity index is 615. The predicted molar refractivity (Wildman–Crippen MR) is 115 cm³/mol. The highest BCUT2D eigenvalue weighted by atomic mass is 127. The highest BCUT2D eigenvalue weighted by molar-refractivity contribution is 14.0. The van der Waals surface area contributed by atoms with Crippen molar-refractivity contribution in [2.75, 3.05) is 31.6 Å². The first-order valence-corrected chi connectivity index (χ1v) is 9.00. The summed E-state index contributed by atoms with van der Waals surface area (Å²) in [4.78, 5) is 8.10. The molecule has 2 heterocycles. The molecule has 2 N–H and O–H groups in total. The van der Waals surface area contributed by atoms with Crippen molar-refractivity contribution in [3.8, 4) is 0 Å². The summed E-state index contributed by atoms with van der Waals surface area (Å²) in [5, 5.41) is 8.94. The van der Waals surface area contributed by atoms with Crippen LogP contribution in [0, 0.1) is 5.92 Å². The zero-order valence-corrected chi connectivity index (χ0v) is 17.1. The fourth-order valence-electron chi connectivity index (χ4n) is 2.92. The summed E-state index contributed by atoms with van der Waals surface area (Å²) >= 11 is 1.76. The molecule has 1 aromatic carbocycles. The molecule has 0 amide bonds. The minimum Gasteiger partial charge on any atom is -0.371 e. The number of thiophene rings is 1. The molecule has 1 saturated heterocycles. The molecule has 1 fully saturated rings. The third kappa shape index (κ3) is 5.37. The number of anilines is 1. The van der Waals surface area contributed by atoms with Crippen LogP contribution in [0.25, 0.3) is 0 Å². The summed E-state index contributed by atoms with van der Waals surface area (Å²) in [7, 11) is 1.83. The van der Waals surface area contributed by atoms with Crippen molar-refractivity contribution < 1.29 is 0 Å². The second-order valence-electron chi connectivity index (χ2n) is 5.82.